The summed E-state index contributed by atoms with van der Waals surface area (Å²) in [4.78, 5) is 13.4. The number of aliphatic hydroxyl groups is 8. The maximum absolute atomic E-state index is 13.4. The van der Waals surface area contributed by atoms with Gasteiger partial charge in [-0.1, -0.05) is 366 Å². The van der Waals surface area contributed by atoms with Gasteiger partial charge in [-0.15, -0.1) is 0 Å². The average Bonchev–Trinajstić information content (AvgIpc) is 0.789. The molecule has 9 N–H and O–H groups in total. The molecular formula is C90H155NO13. The molecule has 0 radical (unpaired) electrons. The molecule has 2 fully saturated rings. The molecule has 14 heteroatoms. The first kappa shape index (κ1) is 96.2. The van der Waals surface area contributed by atoms with E-state index in [9.17, 15) is 45.6 Å². The number of allylic oxidation sites excluding steroid dienone is 22. The quantitative estimate of drug-likeness (QED) is 0.0204. The summed E-state index contributed by atoms with van der Waals surface area (Å²) in [5.74, 6) is -0.219. The number of amides is 1. The van der Waals surface area contributed by atoms with E-state index in [4.69, 9.17) is 18.9 Å². The topological polar surface area (TPSA) is 228 Å². The van der Waals surface area contributed by atoms with Crippen molar-refractivity contribution in [2.45, 2.75) is 408 Å². The molecule has 104 heavy (non-hydrogen) atoms. The van der Waals surface area contributed by atoms with Gasteiger partial charge in [0.1, 0.15) is 48.8 Å². The second kappa shape index (κ2) is 72.0. The predicted octanol–water partition coefficient (Wildman–Crippen LogP) is 20.1. The van der Waals surface area contributed by atoms with Crippen molar-refractivity contribution in [2.24, 2.45) is 0 Å². The number of aliphatic hydroxyl groups excluding tert-OH is 8. The molecule has 0 saturated carbocycles. The van der Waals surface area contributed by atoms with Gasteiger partial charge in [0.2, 0.25) is 5.91 Å². The van der Waals surface area contributed by atoms with Gasteiger partial charge in [-0.2, -0.15) is 0 Å². The highest BCUT2D eigenvalue weighted by Gasteiger charge is 2.51. The first-order valence-corrected chi connectivity index (χ1v) is 42.4. The highest BCUT2D eigenvalue weighted by molar-refractivity contribution is 5.76. The van der Waals surface area contributed by atoms with Gasteiger partial charge < -0.3 is 65.1 Å². The Morgan fingerprint density at radius 1 is 0.356 bits per heavy atom. The summed E-state index contributed by atoms with van der Waals surface area (Å²) in [7, 11) is 0. The maximum atomic E-state index is 13.4. The number of carbonyl (C=O) groups is 1. The molecule has 1 amide bonds. The zero-order chi connectivity index (χ0) is 75.1. The van der Waals surface area contributed by atoms with Crippen molar-refractivity contribution in [1.82, 2.24) is 5.32 Å². The fraction of sp³-hybridized carbons (Fsp3) is 0.744. The molecule has 12 atom stereocenters. The van der Waals surface area contributed by atoms with E-state index in [1.165, 1.54) is 167 Å². The number of ether oxygens (including phenoxy) is 4. The smallest absolute Gasteiger partial charge is 0.220 e. The van der Waals surface area contributed by atoms with Crippen LogP contribution in [0.2, 0.25) is 0 Å². The predicted molar refractivity (Wildman–Crippen MR) is 433 cm³/mol. The second-order valence-corrected chi connectivity index (χ2v) is 29.2. The van der Waals surface area contributed by atoms with Crippen molar-refractivity contribution < 1.29 is 64.6 Å². The molecule has 2 rings (SSSR count). The first-order valence-electron chi connectivity index (χ1n) is 42.4. The lowest BCUT2D eigenvalue weighted by Crippen LogP contribution is -2.65. The Bertz CT molecular complexity index is 2270. The first-order chi connectivity index (χ1) is 51.1. The van der Waals surface area contributed by atoms with Crippen LogP contribution in [0.15, 0.2) is 134 Å². The molecule has 2 aliphatic heterocycles. The van der Waals surface area contributed by atoms with Crippen molar-refractivity contribution >= 4 is 5.91 Å². The van der Waals surface area contributed by atoms with E-state index in [-0.39, 0.29) is 18.9 Å². The Morgan fingerprint density at radius 3 is 1.02 bits per heavy atom. The Balaban J connectivity index is 1.61. The van der Waals surface area contributed by atoms with E-state index < -0.39 is 86.8 Å². The fourth-order valence-corrected chi connectivity index (χ4v) is 13.2. The lowest BCUT2D eigenvalue weighted by atomic mass is 9.97. The molecule has 2 aliphatic rings. The summed E-state index contributed by atoms with van der Waals surface area (Å²) >= 11 is 0. The van der Waals surface area contributed by atoms with Crippen LogP contribution in [0.25, 0.3) is 0 Å². The third-order valence-electron chi connectivity index (χ3n) is 19.9. The van der Waals surface area contributed by atoms with Gasteiger partial charge in [-0.25, -0.2) is 0 Å². The van der Waals surface area contributed by atoms with Gasteiger partial charge in [0.05, 0.1) is 32.0 Å². The number of unbranched alkanes of at least 4 members (excludes halogenated alkanes) is 35. The zero-order valence-electron chi connectivity index (χ0n) is 65.7. The molecule has 12 unspecified atom stereocenters. The molecule has 0 bridgehead atoms. The molecule has 2 heterocycles. The number of hydrogen-bond acceptors (Lipinski definition) is 13. The van der Waals surface area contributed by atoms with E-state index in [1.807, 2.05) is 0 Å². The SMILES string of the molecule is CC/C=C\C/C=C\C/C=C\C/C=C\C/C=C\C/C=C\C/C=C\C/C=C\C/C=C\C/C=C\C/C=C\CCCCCCCCCC(=O)NC(COC1OC(CO)C(OC2OC(CO)C(O)C(O)C2O)C(O)C1O)C(O)CCCCCCCCCCCCCCCCCCCCCCCCCCCCCCC. The van der Waals surface area contributed by atoms with Crippen LogP contribution in [0.5, 0.6) is 0 Å². The third-order valence-corrected chi connectivity index (χ3v) is 19.9. The number of nitrogens with one attached hydrogen (secondary N) is 1. The molecule has 0 spiro atoms. The normalized spacial score (nSPS) is 22.2. The Kier molecular flexibility index (Phi) is 66.6. The van der Waals surface area contributed by atoms with Crippen molar-refractivity contribution in [1.29, 1.82) is 0 Å². The van der Waals surface area contributed by atoms with Crippen LogP contribution in [-0.4, -0.2) is 140 Å². The number of hydrogen-bond donors (Lipinski definition) is 9. The van der Waals surface area contributed by atoms with Crippen LogP contribution in [0.1, 0.15) is 335 Å². The minimum Gasteiger partial charge on any atom is -0.394 e. The van der Waals surface area contributed by atoms with E-state index >= 15 is 0 Å². The highest BCUT2D eigenvalue weighted by Crippen LogP contribution is 2.30. The van der Waals surface area contributed by atoms with Crippen molar-refractivity contribution in [3.63, 3.8) is 0 Å². The van der Waals surface area contributed by atoms with Gasteiger partial charge in [-0.3, -0.25) is 4.79 Å². The van der Waals surface area contributed by atoms with Gasteiger partial charge in [0.25, 0.3) is 0 Å². The molecule has 0 aromatic rings. The Labute approximate surface area is 634 Å². The van der Waals surface area contributed by atoms with Gasteiger partial charge in [0, 0.05) is 6.42 Å². The Hall–Kier alpha value is -3.87. The van der Waals surface area contributed by atoms with E-state index in [1.54, 1.807) is 0 Å². The molecule has 598 valence electrons. The molecule has 2 saturated heterocycles. The number of carbonyl (C=O) groups excluding carboxylic acids is 1. The number of rotatable bonds is 70. The minimum atomic E-state index is -1.79. The van der Waals surface area contributed by atoms with Crippen LogP contribution in [-0.2, 0) is 23.7 Å². The lowest BCUT2D eigenvalue weighted by Gasteiger charge is -2.46. The summed E-state index contributed by atoms with van der Waals surface area (Å²) in [5.41, 5.74) is 0. The van der Waals surface area contributed by atoms with E-state index in [0.717, 1.165) is 135 Å². The van der Waals surface area contributed by atoms with E-state index in [2.05, 4.69) is 153 Å². The average molecular weight is 1460 g/mol. The van der Waals surface area contributed by atoms with Crippen LogP contribution in [0.4, 0.5) is 0 Å². The summed E-state index contributed by atoms with van der Waals surface area (Å²) in [6.07, 6.45) is 90.6. The summed E-state index contributed by atoms with van der Waals surface area (Å²) < 4.78 is 23.0. The maximum Gasteiger partial charge on any atom is 0.220 e. The zero-order valence-corrected chi connectivity index (χ0v) is 65.7. The summed E-state index contributed by atoms with van der Waals surface area (Å²) in [5, 5.41) is 88.0. The van der Waals surface area contributed by atoms with Crippen LogP contribution >= 0.6 is 0 Å². The van der Waals surface area contributed by atoms with Gasteiger partial charge >= 0.3 is 0 Å². The summed E-state index contributed by atoms with van der Waals surface area (Å²) in [6.45, 7) is 2.78. The van der Waals surface area contributed by atoms with Gasteiger partial charge in [-0.05, 0) is 96.3 Å². The molecule has 0 aromatic heterocycles. The molecular weight excluding hydrogens is 1300 g/mol. The van der Waals surface area contributed by atoms with E-state index in [0.29, 0.717) is 12.8 Å². The van der Waals surface area contributed by atoms with Crippen molar-refractivity contribution in [3.8, 4) is 0 Å². The third kappa shape index (κ3) is 53.8. The van der Waals surface area contributed by atoms with Crippen molar-refractivity contribution in [3.05, 3.63) is 134 Å². The molecule has 0 aromatic carbocycles. The monoisotopic (exact) mass is 1460 g/mol. The minimum absolute atomic E-state index is 0.219. The second-order valence-electron chi connectivity index (χ2n) is 29.2. The lowest BCUT2D eigenvalue weighted by molar-refractivity contribution is -0.359. The van der Waals surface area contributed by atoms with Crippen LogP contribution < -0.4 is 5.32 Å². The fourth-order valence-electron chi connectivity index (χ4n) is 13.2. The highest BCUT2D eigenvalue weighted by atomic mass is 16.7. The largest absolute Gasteiger partial charge is 0.394 e. The standard InChI is InChI=1S/C90H155NO13/c1-3-5-7-9-11-13-15-17-19-21-23-25-27-29-31-33-34-35-36-37-38-39-40-41-42-43-44-46-48-50-52-54-56-58-60-62-64-66-68-70-72-74-82(95)91-78(77-101-89-87(100)85(98)88(81(76-93)103-89)104-90-86(99)84(97)83(96)80(75-92)102-90)79(94)73-71-69-67-65-63-61-59-57-55-53-51-49-47-45-32-30-28-26-24-22-20-18-16-14-12-10-8-6-4-2/h5,7,11,13,17,19,23,25,29,31,34-35,37-38,40-41,43-44,48,50,54,56,78-81,83-90,92-94,96-100H,3-4,6,8-10,12,14-16,18,20-22,24,26-28,30,32-33,36,39,42,45-47,49,51-53,55,57-77H2,1-2H3,(H,91,95)/b7-5-,13-11-,19-17-,25-23-,31-29-,35-34-,38-37-,41-40-,44-43-,50-48-,56-54-. The van der Waals surface area contributed by atoms with Crippen LogP contribution in [0, 0.1) is 0 Å². The van der Waals surface area contributed by atoms with Crippen LogP contribution in [0.3, 0.4) is 0 Å². The molecule has 14 nitrogen and oxygen atoms in total. The Morgan fingerprint density at radius 2 is 0.663 bits per heavy atom. The summed E-state index contributed by atoms with van der Waals surface area (Å²) in [6, 6.07) is -0.847. The van der Waals surface area contributed by atoms with Gasteiger partial charge in [0.15, 0.2) is 12.6 Å². The van der Waals surface area contributed by atoms with Crippen molar-refractivity contribution in [2.75, 3.05) is 19.8 Å². The molecule has 0 aliphatic carbocycles.